The van der Waals surface area contributed by atoms with Gasteiger partial charge >= 0.3 is 0 Å². The molecule has 1 atom stereocenters. The van der Waals surface area contributed by atoms with Crippen LogP contribution in [0.25, 0.3) is 11.1 Å². The summed E-state index contributed by atoms with van der Waals surface area (Å²) in [5.74, 6) is 1.48. The van der Waals surface area contributed by atoms with Crippen LogP contribution in [-0.4, -0.2) is 19.3 Å². The fourth-order valence-corrected chi connectivity index (χ4v) is 5.22. The number of unbranched alkanes of at least 4 members (excludes halogenated alkanes) is 10. The van der Waals surface area contributed by atoms with E-state index in [2.05, 4.69) is 69.0 Å². The van der Waals surface area contributed by atoms with Gasteiger partial charge in [0.15, 0.2) is 6.29 Å². The Morgan fingerprint density at radius 1 is 0.789 bits per heavy atom. The van der Waals surface area contributed by atoms with Gasteiger partial charge in [-0.25, -0.2) is 0 Å². The van der Waals surface area contributed by atoms with Crippen molar-refractivity contribution in [3.63, 3.8) is 0 Å². The van der Waals surface area contributed by atoms with Crippen LogP contribution in [0, 0.1) is 5.92 Å². The summed E-state index contributed by atoms with van der Waals surface area (Å²) in [6.45, 7) is 9.81. The lowest BCUT2D eigenvalue weighted by atomic mass is 10.00. The summed E-state index contributed by atoms with van der Waals surface area (Å²) >= 11 is 0. The Balaban J connectivity index is 1.33. The first-order chi connectivity index (χ1) is 18.7. The number of hydrogen-bond acceptors (Lipinski definition) is 3. The molecule has 3 nitrogen and oxygen atoms in total. The molecule has 210 valence electrons. The molecule has 0 bridgehead atoms. The van der Waals surface area contributed by atoms with Gasteiger partial charge in [0, 0.05) is 11.5 Å². The highest BCUT2D eigenvalue weighted by atomic mass is 16.7. The van der Waals surface area contributed by atoms with E-state index in [1.54, 1.807) is 0 Å². The second-order valence-electron chi connectivity index (χ2n) is 11.1. The summed E-state index contributed by atoms with van der Waals surface area (Å²) in [5, 5.41) is 0. The van der Waals surface area contributed by atoms with Crippen LogP contribution in [0.5, 0.6) is 5.75 Å². The standard InChI is InChI=1S/C35H52O3/c1-4-6-8-10-11-12-13-14-16-18-30-27-36-35(37-28-30)33-21-19-31(20-22-33)32-23-25-34(26-24-32)38-29(3)17-15-9-7-5-2/h4,19-26,29-30,35H,1,5-18,27-28H2,2-3H3/t29-,30?,35?/m0/s1. The second-order valence-corrected chi connectivity index (χ2v) is 11.1. The third-order valence-electron chi connectivity index (χ3n) is 7.66. The molecule has 1 fully saturated rings. The number of benzene rings is 2. The quantitative estimate of drug-likeness (QED) is 0.136. The second kappa shape index (κ2) is 18.2. The van der Waals surface area contributed by atoms with Crippen molar-refractivity contribution in [1.82, 2.24) is 0 Å². The van der Waals surface area contributed by atoms with Crippen LogP contribution < -0.4 is 4.74 Å². The largest absolute Gasteiger partial charge is 0.491 e. The molecule has 3 rings (SSSR count). The van der Waals surface area contributed by atoms with Crippen molar-refractivity contribution in [1.29, 1.82) is 0 Å². The summed E-state index contributed by atoms with van der Waals surface area (Å²) < 4.78 is 18.3. The van der Waals surface area contributed by atoms with Gasteiger partial charge in [-0.3, -0.25) is 0 Å². The van der Waals surface area contributed by atoms with Crippen molar-refractivity contribution in [2.24, 2.45) is 5.92 Å². The Hall–Kier alpha value is -2.10. The van der Waals surface area contributed by atoms with Gasteiger partial charge in [-0.2, -0.15) is 0 Å². The van der Waals surface area contributed by atoms with Gasteiger partial charge < -0.3 is 14.2 Å². The van der Waals surface area contributed by atoms with Crippen LogP contribution in [0.2, 0.25) is 0 Å². The van der Waals surface area contributed by atoms with Crippen molar-refractivity contribution in [3.05, 3.63) is 66.7 Å². The molecular formula is C35H52O3. The monoisotopic (exact) mass is 520 g/mol. The Morgan fingerprint density at radius 2 is 1.37 bits per heavy atom. The van der Waals surface area contributed by atoms with Crippen LogP contribution >= 0.6 is 0 Å². The molecule has 2 aromatic rings. The van der Waals surface area contributed by atoms with E-state index in [0.29, 0.717) is 5.92 Å². The molecule has 1 aliphatic heterocycles. The number of rotatable bonds is 19. The van der Waals surface area contributed by atoms with E-state index in [1.807, 2.05) is 6.08 Å². The van der Waals surface area contributed by atoms with Crippen molar-refractivity contribution >= 4 is 0 Å². The Labute approximate surface area is 233 Å². The number of allylic oxidation sites excluding steroid dienone is 1. The third-order valence-corrected chi connectivity index (χ3v) is 7.66. The fourth-order valence-electron chi connectivity index (χ4n) is 5.22. The first-order valence-corrected chi connectivity index (χ1v) is 15.4. The Bertz CT molecular complexity index is 865. The Morgan fingerprint density at radius 3 is 2.00 bits per heavy atom. The molecule has 38 heavy (non-hydrogen) atoms. The first kappa shape index (κ1) is 30.4. The maximum Gasteiger partial charge on any atom is 0.183 e. The zero-order chi connectivity index (χ0) is 26.8. The minimum atomic E-state index is -0.245. The Kier molecular flexibility index (Phi) is 14.6. The molecule has 1 aliphatic rings. The van der Waals surface area contributed by atoms with Crippen LogP contribution in [0.1, 0.15) is 116 Å². The summed E-state index contributed by atoms with van der Waals surface area (Å²) in [6.07, 6.45) is 20.0. The van der Waals surface area contributed by atoms with Crippen molar-refractivity contribution in [3.8, 4) is 16.9 Å². The van der Waals surface area contributed by atoms with Crippen LogP contribution in [0.15, 0.2) is 61.2 Å². The lowest BCUT2D eigenvalue weighted by Gasteiger charge is -2.29. The topological polar surface area (TPSA) is 27.7 Å². The zero-order valence-electron chi connectivity index (χ0n) is 24.2. The predicted molar refractivity (Wildman–Crippen MR) is 161 cm³/mol. The van der Waals surface area contributed by atoms with Gasteiger partial charge in [-0.05, 0) is 62.3 Å². The molecular weight excluding hydrogens is 468 g/mol. The van der Waals surface area contributed by atoms with Crippen molar-refractivity contribution < 1.29 is 14.2 Å². The molecule has 0 amide bonds. The third kappa shape index (κ3) is 11.3. The van der Waals surface area contributed by atoms with Gasteiger partial charge in [-0.1, -0.05) is 107 Å². The lowest BCUT2D eigenvalue weighted by molar-refractivity contribution is -0.206. The average Bonchev–Trinajstić information content (AvgIpc) is 2.95. The summed E-state index contributed by atoms with van der Waals surface area (Å²) in [7, 11) is 0. The smallest absolute Gasteiger partial charge is 0.183 e. The molecule has 0 saturated carbocycles. The van der Waals surface area contributed by atoms with Gasteiger partial charge in [0.2, 0.25) is 0 Å². The molecule has 1 saturated heterocycles. The van der Waals surface area contributed by atoms with E-state index in [1.165, 1.54) is 88.2 Å². The van der Waals surface area contributed by atoms with Crippen LogP contribution in [0.3, 0.4) is 0 Å². The van der Waals surface area contributed by atoms with Crippen LogP contribution in [-0.2, 0) is 9.47 Å². The summed E-state index contributed by atoms with van der Waals surface area (Å²) in [5.41, 5.74) is 3.49. The van der Waals surface area contributed by atoms with E-state index >= 15 is 0 Å². The zero-order valence-corrected chi connectivity index (χ0v) is 24.2. The maximum absolute atomic E-state index is 6.11. The lowest BCUT2D eigenvalue weighted by Crippen LogP contribution is -2.27. The van der Waals surface area contributed by atoms with Crippen LogP contribution in [0.4, 0.5) is 0 Å². The van der Waals surface area contributed by atoms with Gasteiger partial charge in [0.1, 0.15) is 5.75 Å². The molecule has 0 spiro atoms. The number of hydrogen-bond donors (Lipinski definition) is 0. The van der Waals surface area contributed by atoms with E-state index in [-0.39, 0.29) is 12.4 Å². The van der Waals surface area contributed by atoms with E-state index in [4.69, 9.17) is 14.2 Å². The predicted octanol–water partition coefficient (Wildman–Crippen LogP) is 10.4. The molecule has 2 aromatic carbocycles. The minimum absolute atomic E-state index is 0.245. The highest BCUT2D eigenvalue weighted by Crippen LogP contribution is 2.30. The average molecular weight is 521 g/mol. The van der Waals surface area contributed by atoms with Gasteiger partial charge in [-0.15, -0.1) is 6.58 Å². The molecule has 0 aromatic heterocycles. The summed E-state index contributed by atoms with van der Waals surface area (Å²) in [4.78, 5) is 0. The van der Waals surface area contributed by atoms with E-state index in [9.17, 15) is 0 Å². The SMILES string of the molecule is C=CCCCCCCCCCC1COC(c2ccc(-c3ccc(O[C@@H](C)CCCCCC)cc3)cc2)OC1. The van der Waals surface area contributed by atoms with Gasteiger partial charge in [0.05, 0.1) is 19.3 Å². The molecule has 3 heteroatoms. The first-order valence-electron chi connectivity index (χ1n) is 15.4. The van der Waals surface area contributed by atoms with E-state index < -0.39 is 0 Å². The number of ether oxygens (including phenoxy) is 3. The summed E-state index contributed by atoms with van der Waals surface area (Å²) in [6, 6.07) is 17.1. The maximum atomic E-state index is 6.11. The highest BCUT2D eigenvalue weighted by Gasteiger charge is 2.23. The molecule has 0 aliphatic carbocycles. The highest BCUT2D eigenvalue weighted by molar-refractivity contribution is 5.64. The molecule has 1 heterocycles. The van der Waals surface area contributed by atoms with Crippen molar-refractivity contribution in [2.45, 2.75) is 116 Å². The normalized spacial score (nSPS) is 18.3. The molecule has 0 unspecified atom stereocenters. The molecule has 0 N–H and O–H groups in total. The van der Waals surface area contributed by atoms with Gasteiger partial charge in [0.25, 0.3) is 0 Å². The van der Waals surface area contributed by atoms with E-state index in [0.717, 1.165) is 37.4 Å². The minimum Gasteiger partial charge on any atom is -0.491 e. The molecule has 0 radical (unpaired) electrons. The van der Waals surface area contributed by atoms with Crippen molar-refractivity contribution in [2.75, 3.05) is 13.2 Å². The fraction of sp³-hybridized carbons (Fsp3) is 0.600.